The molecule has 2 atom stereocenters. The number of esters is 1. The zero-order chi connectivity index (χ0) is 13.1. The van der Waals surface area contributed by atoms with Crippen LogP contribution in [0.3, 0.4) is 0 Å². The van der Waals surface area contributed by atoms with E-state index < -0.39 is 6.10 Å². The third-order valence-corrected chi connectivity index (χ3v) is 3.18. The van der Waals surface area contributed by atoms with Crippen molar-refractivity contribution >= 4 is 23.4 Å². The van der Waals surface area contributed by atoms with Crippen molar-refractivity contribution in [2.24, 2.45) is 5.92 Å². The Morgan fingerprint density at radius 1 is 1.33 bits per heavy atom. The van der Waals surface area contributed by atoms with Crippen LogP contribution < -0.4 is 4.74 Å². The van der Waals surface area contributed by atoms with E-state index in [0.29, 0.717) is 17.2 Å². The third-order valence-electron chi connectivity index (χ3n) is 2.93. The Kier molecular flexibility index (Phi) is 3.87. The number of hydrogen-bond acceptors (Lipinski definition) is 4. The fraction of sp³-hybridized carbons (Fsp3) is 0.385. The van der Waals surface area contributed by atoms with Gasteiger partial charge in [-0.15, -0.1) is 0 Å². The molecule has 0 N–H and O–H groups in total. The number of carbonyl (C=O) groups is 2. The lowest BCUT2D eigenvalue weighted by atomic mass is 10.1. The minimum atomic E-state index is -0.574. The molecule has 1 aliphatic carbocycles. The number of methoxy groups -OCH3 is 1. The third kappa shape index (κ3) is 2.82. The Labute approximate surface area is 110 Å². The molecular formula is C13H13ClO4. The number of halogens is 1. The lowest BCUT2D eigenvalue weighted by Crippen LogP contribution is -2.21. The van der Waals surface area contributed by atoms with Gasteiger partial charge in [0.1, 0.15) is 5.75 Å². The molecule has 1 aromatic carbocycles. The molecule has 1 fully saturated rings. The van der Waals surface area contributed by atoms with E-state index in [1.54, 1.807) is 24.3 Å². The van der Waals surface area contributed by atoms with Crippen molar-refractivity contribution in [1.29, 1.82) is 0 Å². The van der Waals surface area contributed by atoms with Crippen molar-refractivity contribution in [2.75, 3.05) is 7.11 Å². The first-order valence-electron chi connectivity index (χ1n) is 5.63. The number of ketones is 1. The fourth-order valence-electron chi connectivity index (χ4n) is 1.98. The Hall–Kier alpha value is -1.55. The van der Waals surface area contributed by atoms with Gasteiger partial charge < -0.3 is 9.47 Å². The summed E-state index contributed by atoms with van der Waals surface area (Å²) in [5.74, 6) is -0.242. The van der Waals surface area contributed by atoms with Gasteiger partial charge in [-0.1, -0.05) is 11.6 Å². The van der Waals surface area contributed by atoms with Crippen molar-refractivity contribution in [3.8, 4) is 5.75 Å². The molecule has 0 heterocycles. The molecule has 0 spiro atoms. The van der Waals surface area contributed by atoms with Gasteiger partial charge in [0.2, 0.25) is 0 Å². The molecule has 0 amide bonds. The Bertz CT molecular complexity index is 455. The van der Waals surface area contributed by atoms with Gasteiger partial charge in [0.15, 0.2) is 11.9 Å². The van der Waals surface area contributed by atoms with Crippen molar-refractivity contribution in [3.05, 3.63) is 29.3 Å². The number of ether oxygens (including phenoxy) is 2. The standard InChI is InChI=1S/C13H13ClO4/c1-17-13(16)8-6-11(15)12(7-8)18-10-4-2-9(14)3-5-10/h2-5,8,12H,6-7H2,1H3. The van der Waals surface area contributed by atoms with Gasteiger partial charge in [0, 0.05) is 17.9 Å². The smallest absolute Gasteiger partial charge is 0.309 e. The Morgan fingerprint density at radius 2 is 2.00 bits per heavy atom. The number of carbonyl (C=O) groups excluding carboxylic acids is 2. The van der Waals surface area contributed by atoms with E-state index in [0.717, 1.165) is 0 Å². The highest BCUT2D eigenvalue weighted by Gasteiger charge is 2.38. The van der Waals surface area contributed by atoms with Gasteiger partial charge in [-0.3, -0.25) is 9.59 Å². The zero-order valence-electron chi connectivity index (χ0n) is 9.89. The molecule has 4 nitrogen and oxygen atoms in total. The topological polar surface area (TPSA) is 52.6 Å². The Morgan fingerprint density at radius 3 is 2.61 bits per heavy atom. The zero-order valence-corrected chi connectivity index (χ0v) is 10.6. The molecule has 96 valence electrons. The van der Waals surface area contributed by atoms with Crippen LogP contribution in [0.5, 0.6) is 5.75 Å². The van der Waals surface area contributed by atoms with Gasteiger partial charge in [0.05, 0.1) is 13.0 Å². The molecule has 1 saturated carbocycles. The maximum absolute atomic E-state index is 11.7. The lowest BCUT2D eigenvalue weighted by Gasteiger charge is -2.12. The minimum Gasteiger partial charge on any atom is -0.483 e. The van der Waals surface area contributed by atoms with Crippen LogP contribution in [0.15, 0.2) is 24.3 Å². The van der Waals surface area contributed by atoms with E-state index >= 15 is 0 Å². The molecule has 0 saturated heterocycles. The molecular weight excluding hydrogens is 256 g/mol. The van der Waals surface area contributed by atoms with Crippen LogP contribution in [0, 0.1) is 5.92 Å². The van der Waals surface area contributed by atoms with Gasteiger partial charge >= 0.3 is 5.97 Å². The van der Waals surface area contributed by atoms with Crippen molar-refractivity contribution in [1.82, 2.24) is 0 Å². The van der Waals surface area contributed by atoms with Crippen molar-refractivity contribution < 1.29 is 19.1 Å². The highest BCUT2D eigenvalue weighted by Crippen LogP contribution is 2.28. The molecule has 18 heavy (non-hydrogen) atoms. The largest absolute Gasteiger partial charge is 0.483 e. The summed E-state index contributed by atoms with van der Waals surface area (Å²) < 4.78 is 10.2. The van der Waals surface area contributed by atoms with Crippen molar-refractivity contribution in [3.63, 3.8) is 0 Å². The van der Waals surface area contributed by atoms with Crippen molar-refractivity contribution in [2.45, 2.75) is 18.9 Å². The first kappa shape index (κ1) is 12.9. The lowest BCUT2D eigenvalue weighted by molar-refractivity contribution is -0.145. The maximum Gasteiger partial charge on any atom is 0.309 e. The number of benzene rings is 1. The highest BCUT2D eigenvalue weighted by molar-refractivity contribution is 6.30. The molecule has 2 rings (SSSR count). The summed E-state index contributed by atoms with van der Waals surface area (Å²) in [5, 5.41) is 0.604. The monoisotopic (exact) mass is 268 g/mol. The van der Waals surface area contributed by atoms with Gasteiger partial charge in [-0.2, -0.15) is 0 Å². The average Bonchev–Trinajstić information content (AvgIpc) is 2.73. The second-order valence-electron chi connectivity index (χ2n) is 4.19. The second-order valence-corrected chi connectivity index (χ2v) is 4.62. The molecule has 0 aliphatic heterocycles. The molecule has 2 unspecified atom stereocenters. The SMILES string of the molecule is COC(=O)C1CC(=O)C(Oc2ccc(Cl)cc2)C1. The summed E-state index contributed by atoms with van der Waals surface area (Å²) in [7, 11) is 1.32. The van der Waals surface area contributed by atoms with E-state index in [-0.39, 0.29) is 24.1 Å². The second kappa shape index (κ2) is 5.40. The minimum absolute atomic E-state index is 0.0691. The summed E-state index contributed by atoms with van der Waals surface area (Å²) in [4.78, 5) is 23.1. The first-order chi connectivity index (χ1) is 8.60. The summed E-state index contributed by atoms with van der Waals surface area (Å²) >= 11 is 5.76. The molecule has 0 aromatic heterocycles. The van der Waals surface area contributed by atoms with Crippen LogP contribution in [0.1, 0.15) is 12.8 Å². The number of Topliss-reactive ketones (excluding diaryl/α,β-unsaturated/α-hetero) is 1. The van der Waals surface area contributed by atoms with E-state index in [9.17, 15) is 9.59 Å². The molecule has 0 radical (unpaired) electrons. The molecule has 1 aromatic rings. The van der Waals surface area contributed by atoms with Crippen LogP contribution >= 0.6 is 11.6 Å². The summed E-state index contributed by atoms with van der Waals surface area (Å²) in [6.07, 6.45) is -0.0192. The number of hydrogen-bond donors (Lipinski definition) is 0. The van der Waals surface area contributed by atoms with Crippen LogP contribution in [-0.4, -0.2) is 25.0 Å². The van der Waals surface area contributed by atoms with Crippen LogP contribution in [-0.2, 0) is 14.3 Å². The van der Waals surface area contributed by atoms with E-state index in [1.807, 2.05) is 0 Å². The highest BCUT2D eigenvalue weighted by atomic mass is 35.5. The first-order valence-corrected chi connectivity index (χ1v) is 6.00. The normalized spacial score (nSPS) is 22.9. The van der Waals surface area contributed by atoms with E-state index in [4.69, 9.17) is 16.3 Å². The fourth-order valence-corrected chi connectivity index (χ4v) is 2.11. The predicted octanol–water partition coefficient (Wildman–Crippen LogP) is 2.24. The van der Waals surface area contributed by atoms with Gasteiger partial charge in [0.25, 0.3) is 0 Å². The maximum atomic E-state index is 11.7. The van der Waals surface area contributed by atoms with E-state index in [1.165, 1.54) is 7.11 Å². The van der Waals surface area contributed by atoms with Crippen LogP contribution in [0.2, 0.25) is 5.02 Å². The summed E-state index contributed by atoms with van der Waals surface area (Å²) in [6.45, 7) is 0. The Balaban J connectivity index is 2.00. The van der Waals surface area contributed by atoms with Crippen LogP contribution in [0.4, 0.5) is 0 Å². The molecule has 1 aliphatic rings. The average molecular weight is 269 g/mol. The van der Waals surface area contributed by atoms with Gasteiger partial charge in [-0.05, 0) is 24.3 Å². The van der Waals surface area contributed by atoms with Gasteiger partial charge in [-0.25, -0.2) is 0 Å². The summed E-state index contributed by atoms with van der Waals surface area (Å²) in [6, 6.07) is 6.77. The number of rotatable bonds is 3. The quantitative estimate of drug-likeness (QED) is 0.789. The van der Waals surface area contributed by atoms with E-state index in [2.05, 4.69) is 4.74 Å². The molecule has 0 bridgehead atoms. The predicted molar refractivity (Wildman–Crippen MR) is 65.6 cm³/mol. The molecule has 5 heteroatoms. The summed E-state index contributed by atoms with van der Waals surface area (Å²) in [5.41, 5.74) is 0. The van der Waals surface area contributed by atoms with Crippen LogP contribution in [0.25, 0.3) is 0 Å².